The van der Waals surface area contributed by atoms with Crippen molar-refractivity contribution in [1.82, 2.24) is 0 Å². The smallest absolute Gasteiger partial charge is 0.171 e. The van der Waals surface area contributed by atoms with Crippen molar-refractivity contribution in [2.75, 3.05) is 11.9 Å². The molecule has 1 spiro atoms. The molecule has 0 aromatic heterocycles. The van der Waals surface area contributed by atoms with Crippen molar-refractivity contribution in [3.05, 3.63) is 178 Å². The molecule has 0 saturated heterocycles. The molecule has 1 heterocycles. The van der Waals surface area contributed by atoms with Gasteiger partial charge in [0, 0.05) is 24.0 Å². The number of hydrogen-bond donors (Lipinski definition) is 0. The topological polar surface area (TPSA) is 20.3 Å². The molecule has 0 amide bonds. The number of para-hydroxylation sites is 2. The lowest BCUT2D eigenvalue weighted by Crippen LogP contribution is -2.45. The summed E-state index contributed by atoms with van der Waals surface area (Å²) in [5.41, 5.74) is 11.2. The van der Waals surface area contributed by atoms with Gasteiger partial charge in [0.25, 0.3) is 0 Å². The fourth-order valence-corrected chi connectivity index (χ4v) is 6.87. The lowest BCUT2D eigenvalue weighted by molar-refractivity contribution is 0.0924. The highest BCUT2D eigenvalue weighted by Crippen LogP contribution is 2.59. The number of anilines is 2. The zero-order valence-corrected chi connectivity index (χ0v) is 24.2. The third-order valence-electron chi connectivity index (χ3n) is 8.97. The zero-order valence-electron chi connectivity index (χ0n) is 24.2. The van der Waals surface area contributed by atoms with Crippen molar-refractivity contribution < 1.29 is 4.79 Å². The lowest BCUT2D eigenvalue weighted by atomic mass is 9.55. The monoisotopic (exact) mass is 543 g/mol. The van der Waals surface area contributed by atoms with Gasteiger partial charge in [0.05, 0.1) is 11.3 Å². The molecule has 5 aromatic rings. The van der Waals surface area contributed by atoms with E-state index in [1.165, 1.54) is 5.56 Å². The van der Waals surface area contributed by atoms with E-state index in [-0.39, 0.29) is 5.78 Å². The van der Waals surface area contributed by atoms with Gasteiger partial charge in [0.1, 0.15) is 0 Å². The maximum Gasteiger partial charge on any atom is 0.171 e. The molecule has 0 N–H and O–H groups in total. The van der Waals surface area contributed by atoms with Crippen LogP contribution in [0.5, 0.6) is 0 Å². The fraction of sp³-hybridized carbons (Fsp3) is 0.125. The summed E-state index contributed by atoms with van der Waals surface area (Å²) in [4.78, 5) is 17.3. The van der Waals surface area contributed by atoms with E-state index in [1.54, 1.807) is 0 Å². The molecule has 2 heteroatoms. The second-order valence-electron chi connectivity index (χ2n) is 11.6. The van der Waals surface area contributed by atoms with E-state index in [9.17, 15) is 0 Å². The highest BCUT2D eigenvalue weighted by Gasteiger charge is 2.52. The quantitative estimate of drug-likeness (QED) is 0.211. The Hall–Kier alpha value is -4.95. The molecule has 0 fully saturated rings. The molecule has 1 atom stereocenters. The number of aryl methyl sites for hydroxylation is 2. The molecule has 0 bridgehead atoms. The van der Waals surface area contributed by atoms with Crippen LogP contribution in [0.1, 0.15) is 43.7 Å². The third kappa shape index (κ3) is 4.06. The van der Waals surface area contributed by atoms with Crippen molar-refractivity contribution in [1.29, 1.82) is 0 Å². The predicted molar refractivity (Wildman–Crippen MR) is 174 cm³/mol. The summed E-state index contributed by atoms with van der Waals surface area (Å²) in [5.74, 6) is -0.355. The normalized spacial score (nSPS) is 16.7. The van der Waals surface area contributed by atoms with Gasteiger partial charge in [0.2, 0.25) is 0 Å². The molecular weight excluding hydrogens is 510 g/mol. The van der Waals surface area contributed by atoms with Crippen LogP contribution in [0.15, 0.2) is 140 Å². The second-order valence-corrected chi connectivity index (χ2v) is 11.6. The summed E-state index contributed by atoms with van der Waals surface area (Å²) < 4.78 is 0. The average Bonchev–Trinajstić information content (AvgIpc) is 3.04. The van der Waals surface area contributed by atoms with Crippen LogP contribution in [-0.2, 0) is 5.41 Å². The zero-order chi connectivity index (χ0) is 28.8. The first kappa shape index (κ1) is 26.0. The van der Waals surface area contributed by atoms with Gasteiger partial charge in [-0.2, -0.15) is 0 Å². The Morgan fingerprint density at radius 3 is 1.74 bits per heavy atom. The first-order chi connectivity index (χ1) is 20.5. The first-order valence-corrected chi connectivity index (χ1v) is 14.6. The number of carbonyl (C=O) groups is 1. The van der Waals surface area contributed by atoms with Gasteiger partial charge in [-0.15, -0.1) is 0 Å². The van der Waals surface area contributed by atoms with Gasteiger partial charge in [-0.05, 0) is 59.4 Å². The molecule has 1 aliphatic carbocycles. The van der Waals surface area contributed by atoms with E-state index in [1.807, 2.05) is 30.3 Å². The molecule has 204 valence electrons. The molecule has 1 aliphatic heterocycles. The third-order valence-corrected chi connectivity index (χ3v) is 8.97. The van der Waals surface area contributed by atoms with Crippen LogP contribution < -0.4 is 4.90 Å². The standard InChI is InChI=1S/C40H33NO/c1-27-17-21-29(22-18-27)32-25-33(30-11-5-4-6-12-30)38(39(42)31-23-19-28(2)20-24-31)40(26-32)34-13-7-9-15-36(34)41(3)37-16-10-8-14-35(37)40/h4-26,38H,1-3H3. The number of rotatable bonds is 4. The van der Waals surface area contributed by atoms with Crippen molar-refractivity contribution in [3.8, 4) is 0 Å². The SMILES string of the molecule is Cc1ccc(C(=O)C2C(c3ccccc3)=CC(c3ccc(C)cc3)=CC23c2ccccc2N(C)c2ccccc23)cc1. The van der Waals surface area contributed by atoms with Crippen LogP contribution in [0.2, 0.25) is 0 Å². The Morgan fingerprint density at radius 1 is 0.619 bits per heavy atom. The maximum atomic E-state index is 15.1. The molecule has 5 aromatic carbocycles. The maximum absolute atomic E-state index is 15.1. The number of carbonyl (C=O) groups excluding carboxylic acids is 1. The first-order valence-electron chi connectivity index (χ1n) is 14.6. The Balaban J connectivity index is 1.61. The molecule has 7 rings (SSSR count). The van der Waals surface area contributed by atoms with E-state index in [2.05, 4.69) is 135 Å². The van der Waals surface area contributed by atoms with Crippen molar-refractivity contribution in [2.24, 2.45) is 5.92 Å². The van der Waals surface area contributed by atoms with Crippen LogP contribution in [-0.4, -0.2) is 12.8 Å². The Kier molecular flexibility index (Phi) is 6.28. The Bertz CT molecular complexity index is 1810. The van der Waals surface area contributed by atoms with Gasteiger partial charge < -0.3 is 4.90 Å². The lowest BCUT2D eigenvalue weighted by Gasteiger charge is -2.49. The summed E-state index contributed by atoms with van der Waals surface area (Å²) in [6.45, 7) is 4.18. The molecule has 2 aliphatic rings. The number of fused-ring (bicyclic) bond motifs is 4. The van der Waals surface area contributed by atoms with Gasteiger partial charge in [-0.3, -0.25) is 4.79 Å². The summed E-state index contributed by atoms with van der Waals surface area (Å²) in [6, 6.07) is 44.4. The number of Topliss-reactive ketones (excluding diaryl/α,β-unsaturated/α-hetero) is 1. The minimum atomic E-state index is -0.734. The molecule has 0 radical (unpaired) electrons. The Morgan fingerprint density at radius 2 is 1.14 bits per heavy atom. The van der Waals surface area contributed by atoms with E-state index in [0.29, 0.717) is 0 Å². The summed E-state index contributed by atoms with van der Waals surface area (Å²) in [6.07, 6.45) is 4.64. The summed E-state index contributed by atoms with van der Waals surface area (Å²) in [7, 11) is 2.13. The number of allylic oxidation sites excluding steroid dienone is 4. The number of benzene rings is 5. The van der Waals surface area contributed by atoms with Gasteiger partial charge in [-0.1, -0.05) is 139 Å². The fourth-order valence-electron chi connectivity index (χ4n) is 6.87. The van der Waals surface area contributed by atoms with Crippen molar-refractivity contribution in [2.45, 2.75) is 19.3 Å². The number of nitrogens with zero attached hydrogens (tertiary/aromatic N) is 1. The van der Waals surface area contributed by atoms with Gasteiger partial charge in [0.15, 0.2) is 5.78 Å². The molecule has 0 saturated carbocycles. The van der Waals surface area contributed by atoms with Crippen molar-refractivity contribution in [3.63, 3.8) is 0 Å². The van der Waals surface area contributed by atoms with E-state index >= 15 is 4.79 Å². The minimum absolute atomic E-state index is 0.124. The van der Waals surface area contributed by atoms with E-state index < -0.39 is 11.3 Å². The second kappa shape index (κ2) is 10.2. The van der Waals surface area contributed by atoms with E-state index in [4.69, 9.17) is 0 Å². The van der Waals surface area contributed by atoms with Crippen LogP contribution >= 0.6 is 0 Å². The predicted octanol–water partition coefficient (Wildman–Crippen LogP) is 9.35. The van der Waals surface area contributed by atoms with Crippen LogP contribution in [0.25, 0.3) is 11.1 Å². The van der Waals surface area contributed by atoms with Gasteiger partial charge >= 0.3 is 0 Å². The van der Waals surface area contributed by atoms with Crippen LogP contribution in [0.3, 0.4) is 0 Å². The largest absolute Gasteiger partial charge is 0.344 e. The average molecular weight is 544 g/mol. The van der Waals surface area contributed by atoms with Crippen LogP contribution in [0, 0.1) is 19.8 Å². The summed E-state index contributed by atoms with van der Waals surface area (Å²) in [5, 5.41) is 0. The molecule has 1 unspecified atom stereocenters. The molecule has 42 heavy (non-hydrogen) atoms. The minimum Gasteiger partial charge on any atom is -0.344 e. The van der Waals surface area contributed by atoms with Gasteiger partial charge in [-0.25, -0.2) is 0 Å². The van der Waals surface area contributed by atoms with Crippen LogP contribution in [0.4, 0.5) is 11.4 Å². The highest BCUT2D eigenvalue weighted by molar-refractivity contribution is 6.10. The molecule has 2 nitrogen and oxygen atoms in total. The Labute approximate surface area is 248 Å². The van der Waals surface area contributed by atoms with E-state index in [0.717, 1.165) is 55.9 Å². The summed E-state index contributed by atoms with van der Waals surface area (Å²) >= 11 is 0. The number of hydrogen-bond acceptors (Lipinski definition) is 2. The van der Waals surface area contributed by atoms with Crippen molar-refractivity contribution >= 4 is 28.3 Å². The highest BCUT2D eigenvalue weighted by atomic mass is 16.1. The number of ketones is 1. The molecular formula is C40H33NO.